The number of carbonyl (C=O) groups excluding carboxylic acids is 1. The molecule has 0 bridgehead atoms. The van der Waals surface area contributed by atoms with Crippen molar-refractivity contribution in [3.8, 4) is 11.5 Å². The molecule has 0 atom stereocenters. The summed E-state index contributed by atoms with van der Waals surface area (Å²) in [6, 6.07) is 7.61. The lowest BCUT2D eigenvalue weighted by Crippen LogP contribution is -2.42. The van der Waals surface area contributed by atoms with E-state index < -0.39 is 0 Å². The monoisotopic (exact) mass is 367 g/mol. The molecule has 1 aromatic heterocycles. The standard InChI is InChI=1S/C21H25N3O3/c1-14-19(13-22-20(23-14)15-3-4-15)21(25)24-11-9-18(10-12-24)27-17-7-5-16(26-2)6-8-17/h5-8,13,15,18H,3-4,9-12H2,1-2H3. The lowest BCUT2D eigenvalue weighted by Gasteiger charge is -2.32. The lowest BCUT2D eigenvalue weighted by atomic mass is 10.1. The van der Waals surface area contributed by atoms with Gasteiger partial charge < -0.3 is 14.4 Å². The molecule has 6 nitrogen and oxygen atoms in total. The summed E-state index contributed by atoms with van der Waals surface area (Å²) in [5.41, 5.74) is 1.41. The molecule has 27 heavy (non-hydrogen) atoms. The van der Waals surface area contributed by atoms with E-state index >= 15 is 0 Å². The van der Waals surface area contributed by atoms with Crippen molar-refractivity contribution in [2.45, 2.75) is 44.6 Å². The van der Waals surface area contributed by atoms with Gasteiger partial charge in [0.05, 0.1) is 18.4 Å². The van der Waals surface area contributed by atoms with Crippen molar-refractivity contribution in [1.82, 2.24) is 14.9 Å². The second-order valence-electron chi connectivity index (χ2n) is 7.29. The summed E-state index contributed by atoms with van der Waals surface area (Å²) in [7, 11) is 1.65. The average molecular weight is 367 g/mol. The number of hydrogen-bond donors (Lipinski definition) is 0. The zero-order valence-electron chi connectivity index (χ0n) is 15.9. The Labute approximate surface area is 159 Å². The normalized spacial score (nSPS) is 17.6. The number of piperidine rings is 1. The lowest BCUT2D eigenvalue weighted by molar-refractivity contribution is 0.0594. The van der Waals surface area contributed by atoms with E-state index in [2.05, 4.69) is 9.97 Å². The number of rotatable bonds is 5. The zero-order chi connectivity index (χ0) is 18.8. The molecule has 0 spiro atoms. The van der Waals surface area contributed by atoms with Gasteiger partial charge in [-0.1, -0.05) is 0 Å². The van der Waals surface area contributed by atoms with E-state index in [1.807, 2.05) is 36.1 Å². The highest BCUT2D eigenvalue weighted by molar-refractivity contribution is 5.95. The van der Waals surface area contributed by atoms with Gasteiger partial charge in [-0.25, -0.2) is 9.97 Å². The van der Waals surface area contributed by atoms with Crippen molar-refractivity contribution in [3.05, 3.63) is 47.5 Å². The third kappa shape index (κ3) is 4.04. The highest BCUT2D eigenvalue weighted by Crippen LogP contribution is 2.38. The van der Waals surface area contributed by atoms with Gasteiger partial charge in [0, 0.05) is 38.0 Å². The van der Waals surface area contributed by atoms with Crippen LogP contribution in [0.4, 0.5) is 0 Å². The Hall–Kier alpha value is -2.63. The maximum atomic E-state index is 12.8. The maximum Gasteiger partial charge on any atom is 0.257 e. The second kappa shape index (κ2) is 7.55. The van der Waals surface area contributed by atoms with Crippen molar-refractivity contribution in [1.29, 1.82) is 0 Å². The van der Waals surface area contributed by atoms with Crippen LogP contribution in [0.15, 0.2) is 30.5 Å². The van der Waals surface area contributed by atoms with Crippen LogP contribution in [0.1, 0.15) is 53.5 Å². The van der Waals surface area contributed by atoms with Crippen molar-refractivity contribution in [3.63, 3.8) is 0 Å². The SMILES string of the molecule is COc1ccc(OC2CCN(C(=O)c3cnc(C4CC4)nc3C)CC2)cc1. The number of benzene rings is 1. The molecule has 0 unspecified atom stereocenters. The Balaban J connectivity index is 1.33. The van der Waals surface area contributed by atoms with E-state index in [0.717, 1.165) is 48.7 Å². The van der Waals surface area contributed by atoms with E-state index in [9.17, 15) is 4.79 Å². The first-order chi connectivity index (χ1) is 13.1. The third-order valence-electron chi connectivity index (χ3n) is 5.26. The number of aryl methyl sites for hydroxylation is 1. The molecular weight excluding hydrogens is 342 g/mol. The minimum atomic E-state index is 0.0257. The predicted octanol–water partition coefficient (Wildman–Crippen LogP) is 3.35. The molecule has 2 aromatic rings. The second-order valence-corrected chi connectivity index (χ2v) is 7.29. The number of amides is 1. The van der Waals surface area contributed by atoms with Gasteiger partial charge >= 0.3 is 0 Å². The van der Waals surface area contributed by atoms with Crippen LogP contribution >= 0.6 is 0 Å². The number of aromatic nitrogens is 2. The van der Waals surface area contributed by atoms with Crippen LogP contribution in [0.2, 0.25) is 0 Å². The number of methoxy groups -OCH3 is 1. The van der Waals surface area contributed by atoms with Gasteiger partial charge in [0.1, 0.15) is 23.4 Å². The van der Waals surface area contributed by atoms with E-state index in [1.165, 1.54) is 0 Å². The Bertz CT molecular complexity index is 810. The predicted molar refractivity (Wildman–Crippen MR) is 101 cm³/mol. The molecule has 2 heterocycles. The quantitative estimate of drug-likeness (QED) is 0.811. The summed E-state index contributed by atoms with van der Waals surface area (Å²) in [5.74, 6) is 3.06. The van der Waals surface area contributed by atoms with Crippen molar-refractivity contribution < 1.29 is 14.3 Å². The van der Waals surface area contributed by atoms with Crippen LogP contribution in [0.25, 0.3) is 0 Å². The molecule has 0 radical (unpaired) electrons. The van der Waals surface area contributed by atoms with Crippen molar-refractivity contribution in [2.75, 3.05) is 20.2 Å². The van der Waals surface area contributed by atoms with Crippen molar-refractivity contribution in [2.24, 2.45) is 0 Å². The minimum Gasteiger partial charge on any atom is -0.497 e. The fourth-order valence-electron chi connectivity index (χ4n) is 3.43. The largest absolute Gasteiger partial charge is 0.497 e. The summed E-state index contributed by atoms with van der Waals surface area (Å²) in [5, 5.41) is 0. The Kier molecular flexibility index (Phi) is 4.97. The summed E-state index contributed by atoms with van der Waals surface area (Å²) in [6.45, 7) is 3.27. The zero-order valence-corrected chi connectivity index (χ0v) is 15.9. The van der Waals surface area contributed by atoms with Crippen LogP contribution in [0.3, 0.4) is 0 Å². The van der Waals surface area contributed by atoms with Crippen LogP contribution in [-0.4, -0.2) is 47.1 Å². The van der Waals surface area contributed by atoms with Gasteiger partial charge in [-0.05, 0) is 44.0 Å². The molecule has 1 amide bonds. The molecule has 2 aliphatic rings. The highest BCUT2D eigenvalue weighted by atomic mass is 16.5. The molecule has 142 valence electrons. The van der Waals surface area contributed by atoms with Gasteiger partial charge in [-0.3, -0.25) is 4.79 Å². The first-order valence-corrected chi connectivity index (χ1v) is 9.57. The topological polar surface area (TPSA) is 64.6 Å². The van der Waals surface area contributed by atoms with Crippen LogP contribution in [0.5, 0.6) is 11.5 Å². The summed E-state index contributed by atoms with van der Waals surface area (Å²) < 4.78 is 11.2. The first kappa shape index (κ1) is 17.8. The van der Waals surface area contributed by atoms with Gasteiger partial charge in [-0.2, -0.15) is 0 Å². The molecule has 4 rings (SSSR count). The fourth-order valence-corrected chi connectivity index (χ4v) is 3.43. The summed E-state index contributed by atoms with van der Waals surface area (Å²) >= 11 is 0. The molecule has 6 heteroatoms. The first-order valence-electron chi connectivity index (χ1n) is 9.57. The number of nitrogens with zero attached hydrogens (tertiary/aromatic N) is 3. The van der Waals surface area contributed by atoms with Crippen molar-refractivity contribution >= 4 is 5.91 Å². The van der Waals surface area contributed by atoms with Crippen LogP contribution in [0, 0.1) is 6.92 Å². The van der Waals surface area contributed by atoms with E-state index in [1.54, 1.807) is 13.3 Å². The minimum absolute atomic E-state index is 0.0257. The van der Waals surface area contributed by atoms with Gasteiger partial charge in [-0.15, -0.1) is 0 Å². The molecular formula is C21H25N3O3. The number of ether oxygens (including phenoxy) is 2. The number of hydrogen-bond acceptors (Lipinski definition) is 5. The smallest absolute Gasteiger partial charge is 0.257 e. The molecule has 0 N–H and O–H groups in total. The molecule has 1 aliphatic heterocycles. The fraction of sp³-hybridized carbons (Fsp3) is 0.476. The molecule has 1 aliphatic carbocycles. The molecule has 1 saturated carbocycles. The summed E-state index contributed by atoms with van der Waals surface area (Å²) in [4.78, 5) is 23.7. The van der Waals surface area contributed by atoms with Gasteiger partial charge in [0.2, 0.25) is 0 Å². The molecule has 1 saturated heterocycles. The number of likely N-dealkylation sites (tertiary alicyclic amines) is 1. The number of carbonyl (C=O) groups is 1. The molecule has 2 fully saturated rings. The highest BCUT2D eigenvalue weighted by Gasteiger charge is 2.29. The molecule has 1 aromatic carbocycles. The summed E-state index contributed by atoms with van der Waals surface area (Å²) in [6.07, 6.45) is 5.79. The third-order valence-corrected chi connectivity index (χ3v) is 5.26. The Morgan fingerprint density at radius 2 is 1.74 bits per heavy atom. The van der Waals surface area contributed by atoms with E-state index in [0.29, 0.717) is 24.6 Å². The van der Waals surface area contributed by atoms with Crippen LogP contribution in [-0.2, 0) is 0 Å². The van der Waals surface area contributed by atoms with Crippen LogP contribution < -0.4 is 9.47 Å². The Morgan fingerprint density at radius 1 is 1.07 bits per heavy atom. The Morgan fingerprint density at radius 3 is 2.33 bits per heavy atom. The van der Waals surface area contributed by atoms with E-state index in [-0.39, 0.29) is 12.0 Å². The van der Waals surface area contributed by atoms with Gasteiger partial charge in [0.15, 0.2) is 0 Å². The van der Waals surface area contributed by atoms with E-state index in [4.69, 9.17) is 9.47 Å². The van der Waals surface area contributed by atoms with Gasteiger partial charge in [0.25, 0.3) is 5.91 Å². The average Bonchev–Trinajstić information content (AvgIpc) is 3.54. The maximum absolute atomic E-state index is 12.8.